The number of hydrogen-bond acceptors (Lipinski definition) is 3. The van der Waals surface area contributed by atoms with E-state index < -0.39 is 0 Å². The molecular formula is C11H11N3O. The molecule has 0 radical (unpaired) electrons. The summed E-state index contributed by atoms with van der Waals surface area (Å²) in [5.74, 6) is 0.563. The third-order valence-electron chi connectivity index (χ3n) is 2.22. The zero-order chi connectivity index (χ0) is 10.8. The van der Waals surface area contributed by atoms with Crippen molar-refractivity contribution in [1.82, 2.24) is 15.0 Å². The Balaban J connectivity index is 2.59. The SMILES string of the molecule is Cc1ccc(-c2ncnc(=O)[nH]2)c(C)c1. The number of aromatic nitrogens is 3. The Hall–Kier alpha value is -1.97. The summed E-state index contributed by atoms with van der Waals surface area (Å²) in [6.45, 7) is 4.02. The molecule has 0 unspecified atom stereocenters. The van der Waals surface area contributed by atoms with Crippen LogP contribution < -0.4 is 5.69 Å². The van der Waals surface area contributed by atoms with Crippen molar-refractivity contribution in [3.05, 3.63) is 46.1 Å². The maximum atomic E-state index is 11.0. The van der Waals surface area contributed by atoms with Crippen molar-refractivity contribution in [2.45, 2.75) is 13.8 Å². The van der Waals surface area contributed by atoms with Crippen LogP contribution in [0, 0.1) is 13.8 Å². The number of aromatic amines is 1. The Labute approximate surface area is 87.0 Å². The molecule has 0 bridgehead atoms. The van der Waals surface area contributed by atoms with E-state index in [9.17, 15) is 4.79 Å². The number of H-pyrrole nitrogens is 1. The van der Waals surface area contributed by atoms with E-state index in [-0.39, 0.29) is 5.69 Å². The zero-order valence-corrected chi connectivity index (χ0v) is 8.61. The second-order valence-corrected chi connectivity index (χ2v) is 3.47. The van der Waals surface area contributed by atoms with E-state index >= 15 is 0 Å². The summed E-state index contributed by atoms with van der Waals surface area (Å²) >= 11 is 0. The van der Waals surface area contributed by atoms with Crippen molar-refractivity contribution >= 4 is 0 Å². The van der Waals surface area contributed by atoms with E-state index in [1.54, 1.807) is 0 Å². The minimum Gasteiger partial charge on any atom is -0.290 e. The highest BCUT2D eigenvalue weighted by Crippen LogP contribution is 2.18. The van der Waals surface area contributed by atoms with Gasteiger partial charge in [-0.3, -0.25) is 4.98 Å². The molecule has 1 aromatic heterocycles. The molecule has 2 rings (SSSR count). The molecule has 76 valence electrons. The molecule has 0 aliphatic heterocycles. The highest BCUT2D eigenvalue weighted by Gasteiger charge is 2.03. The van der Waals surface area contributed by atoms with Gasteiger partial charge < -0.3 is 0 Å². The Bertz CT molecular complexity index is 546. The first-order chi connectivity index (χ1) is 7.16. The number of nitrogens with one attached hydrogen (secondary N) is 1. The maximum absolute atomic E-state index is 11.0. The smallest absolute Gasteiger partial charge is 0.290 e. The molecule has 0 aliphatic carbocycles. The fourth-order valence-electron chi connectivity index (χ4n) is 1.52. The summed E-state index contributed by atoms with van der Waals surface area (Å²) in [6, 6.07) is 5.99. The number of hydrogen-bond donors (Lipinski definition) is 1. The first kappa shape index (κ1) is 9.58. The second-order valence-electron chi connectivity index (χ2n) is 3.47. The molecule has 1 N–H and O–H groups in total. The van der Waals surface area contributed by atoms with Crippen LogP contribution in [-0.2, 0) is 0 Å². The number of rotatable bonds is 1. The van der Waals surface area contributed by atoms with E-state index in [0.717, 1.165) is 11.1 Å². The highest BCUT2D eigenvalue weighted by molar-refractivity contribution is 5.59. The van der Waals surface area contributed by atoms with Gasteiger partial charge in [0.15, 0.2) is 0 Å². The molecular weight excluding hydrogens is 190 g/mol. The van der Waals surface area contributed by atoms with Crippen LogP contribution >= 0.6 is 0 Å². The Morgan fingerprint density at radius 2 is 2.00 bits per heavy atom. The van der Waals surface area contributed by atoms with Crippen molar-refractivity contribution in [1.29, 1.82) is 0 Å². The molecule has 0 saturated heterocycles. The molecule has 4 heteroatoms. The lowest BCUT2D eigenvalue weighted by molar-refractivity contribution is 0.992. The monoisotopic (exact) mass is 201 g/mol. The van der Waals surface area contributed by atoms with Crippen molar-refractivity contribution in [2.24, 2.45) is 0 Å². The molecule has 4 nitrogen and oxygen atoms in total. The van der Waals surface area contributed by atoms with Crippen molar-refractivity contribution in [2.75, 3.05) is 0 Å². The van der Waals surface area contributed by atoms with Crippen LogP contribution in [0.2, 0.25) is 0 Å². The van der Waals surface area contributed by atoms with Gasteiger partial charge in [-0.15, -0.1) is 0 Å². The Morgan fingerprint density at radius 1 is 1.20 bits per heavy atom. The van der Waals surface area contributed by atoms with Crippen molar-refractivity contribution in [3.8, 4) is 11.4 Å². The summed E-state index contributed by atoms with van der Waals surface area (Å²) in [5, 5.41) is 0. The first-order valence-electron chi connectivity index (χ1n) is 4.66. The normalized spacial score (nSPS) is 10.3. The molecule has 0 saturated carbocycles. The number of nitrogens with zero attached hydrogens (tertiary/aromatic N) is 2. The van der Waals surface area contributed by atoms with Gasteiger partial charge >= 0.3 is 5.69 Å². The molecule has 15 heavy (non-hydrogen) atoms. The molecule has 0 spiro atoms. The van der Waals surface area contributed by atoms with Gasteiger partial charge in [-0.25, -0.2) is 9.78 Å². The van der Waals surface area contributed by atoms with E-state index in [1.807, 2.05) is 26.0 Å². The molecule has 0 fully saturated rings. The highest BCUT2D eigenvalue weighted by atomic mass is 16.1. The second kappa shape index (κ2) is 3.65. The van der Waals surface area contributed by atoms with E-state index in [2.05, 4.69) is 21.0 Å². The van der Waals surface area contributed by atoms with Crippen molar-refractivity contribution < 1.29 is 0 Å². The molecule has 0 atom stereocenters. The molecule has 2 aromatic rings. The van der Waals surface area contributed by atoms with E-state index in [4.69, 9.17) is 0 Å². The lowest BCUT2D eigenvalue weighted by Gasteiger charge is -2.04. The summed E-state index contributed by atoms with van der Waals surface area (Å²) < 4.78 is 0. The van der Waals surface area contributed by atoms with Gasteiger partial charge in [0.1, 0.15) is 12.2 Å². The number of benzene rings is 1. The third kappa shape index (κ3) is 1.93. The van der Waals surface area contributed by atoms with Gasteiger partial charge in [-0.05, 0) is 19.4 Å². The maximum Gasteiger partial charge on any atom is 0.348 e. The molecule has 0 aliphatic rings. The van der Waals surface area contributed by atoms with Crippen LogP contribution in [0.25, 0.3) is 11.4 Å². The van der Waals surface area contributed by atoms with Crippen LogP contribution in [0.3, 0.4) is 0 Å². The Morgan fingerprint density at radius 3 is 2.67 bits per heavy atom. The lowest BCUT2D eigenvalue weighted by Crippen LogP contribution is -2.11. The fourth-order valence-corrected chi connectivity index (χ4v) is 1.52. The quantitative estimate of drug-likeness (QED) is 0.759. The van der Waals surface area contributed by atoms with Crippen LogP contribution in [0.1, 0.15) is 11.1 Å². The van der Waals surface area contributed by atoms with Gasteiger partial charge in [0.25, 0.3) is 0 Å². The predicted octanol–water partition coefficient (Wildman–Crippen LogP) is 1.45. The van der Waals surface area contributed by atoms with Gasteiger partial charge in [0.05, 0.1) is 0 Å². The fraction of sp³-hybridized carbons (Fsp3) is 0.182. The summed E-state index contributed by atoms with van der Waals surface area (Å²) in [4.78, 5) is 21.2. The van der Waals surface area contributed by atoms with Gasteiger partial charge in [-0.1, -0.05) is 23.8 Å². The summed E-state index contributed by atoms with van der Waals surface area (Å²) in [7, 11) is 0. The minimum absolute atomic E-state index is 0.375. The third-order valence-corrected chi connectivity index (χ3v) is 2.22. The largest absolute Gasteiger partial charge is 0.348 e. The molecule has 0 amide bonds. The van der Waals surface area contributed by atoms with E-state index in [0.29, 0.717) is 5.82 Å². The van der Waals surface area contributed by atoms with Crippen LogP contribution in [0.15, 0.2) is 29.3 Å². The Kier molecular flexibility index (Phi) is 2.33. The first-order valence-corrected chi connectivity index (χ1v) is 4.66. The van der Waals surface area contributed by atoms with Crippen LogP contribution in [-0.4, -0.2) is 15.0 Å². The predicted molar refractivity (Wildman–Crippen MR) is 57.6 cm³/mol. The average molecular weight is 201 g/mol. The minimum atomic E-state index is -0.375. The summed E-state index contributed by atoms with van der Waals surface area (Å²) in [5.41, 5.74) is 2.83. The van der Waals surface area contributed by atoms with Gasteiger partial charge in [-0.2, -0.15) is 4.98 Å². The standard InChI is InChI=1S/C11H11N3O/c1-7-3-4-9(8(2)5-7)10-12-6-13-11(15)14-10/h3-6H,1-2H3,(H,12,13,14,15). The number of aryl methyl sites for hydroxylation is 2. The lowest BCUT2D eigenvalue weighted by atomic mass is 10.1. The average Bonchev–Trinajstić information content (AvgIpc) is 2.17. The van der Waals surface area contributed by atoms with Crippen molar-refractivity contribution in [3.63, 3.8) is 0 Å². The summed E-state index contributed by atoms with van der Waals surface area (Å²) in [6.07, 6.45) is 1.27. The van der Waals surface area contributed by atoms with Gasteiger partial charge in [0.2, 0.25) is 0 Å². The van der Waals surface area contributed by atoms with E-state index in [1.165, 1.54) is 11.9 Å². The topological polar surface area (TPSA) is 58.6 Å². The van der Waals surface area contributed by atoms with Crippen LogP contribution in [0.5, 0.6) is 0 Å². The zero-order valence-electron chi connectivity index (χ0n) is 8.61. The molecule has 1 heterocycles. The van der Waals surface area contributed by atoms with Crippen LogP contribution in [0.4, 0.5) is 0 Å². The molecule has 1 aromatic carbocycles. The van der Waals surface area contributed by atoms with Gasteiger partial charge in [0, 0.05) is 5.56 Å².